The SMILES string of the molecule is OC1=C(c2ccccc2)C=C2Cc3cc(O)c(-c4ccccc4)cc3Cc3cc(O)c(-c4ccccc4)cc3C2C=C1. The molecule has 0 heterocycles. The lowest BCUT2D eigenvalue weighted by atomic mass is 9.77. The van der Waals surface area contributed by atoms with Crippen molar-refractivity contribution in [2.75, 3.05) is 0 Å². The summed E-state index contributed by atoms with van der Waals surface area (Å²) in [6, 6.07) is 37.8. The number of benzene rings is 5. The first-order valence-electron chi connectivity index (χ1n) is 14.2. The van der Waals surface area contributed by atoms with Crippen molar-refractivity contribution >= 4 is 5.57 Å². The molecule has 0 radical (unpaired) electrons. The van der Waals surface area contributed by atoms with Gasteiger partial charge in [0.25, 0.3) is 0 Å². The van der Waals surface area contributed by atoms with Gasteiger partial charge in [0.2, 0.25) is 0 Å². The molecule has 0 saturated heterocycles. The van der Waals surface area contributed by atoms with E-state index in [4.69, 9.17) is 0 Å². The van der Waals surface area contributed by atoms with Crippen LogP contribution in [-0.2, 0) is 12.8 Å². The molecule has 3 heteroatoms. The predicted octanol–water partition coefficient (Wildman–Crippen LogP) is 9.13. The molecule has 0 aromatic heterocycles. The first-order chi connectivity index (χ1) is 20.5. The van der Waals surface area contributed by atoms with Crippen molar-refractivity contribution in [3.05, 3.63) is 173 Å². The van der Waals surface area contributed by atoms with Gasteiger partial charge >= 0.3 is 0 Å². The molecule has 0 bridgehead atoms. The van der Waals surface area contributed by atoms with Gasteiger partial charge in [-0.25, -0.2) is 0 Å². The van der Waals surface area contributed by atoms with Gasteiger partial charge in [-0.1, -0.05) is 109 Å². The first kappa shape index (κ1) is 25.7. The number of fused-ring (bicyclic) bond motifs is 4. The minimum absolute atomic E-state index is 0.129. The summed E-state index contributed by atoms with van der Waals surface area (Å²) in [6.07, 6.45) is 7.18. The maximum absolute atomic E-state index is 11.3. The predicted molar refractivity (Wildman–Crippen MR) is 170 cm³/mol. The standard InChI is InChI=1S/C39H30O3/c40-37-17-16-32-30(21-34(37)25-10-4-1-5-11-25)19-29-22-38(41)35(26-12-6-2-7-13-26)20-28(29)18-31-23-39(42)36(24-33(31)32)27-14-8-3-9-15-27/h1-17,20-24,32,40-42H,18-19H2. The van der Waals surface area contributed by atoms with E-state index in [1.807, 2.05) is 103 Å². The van der Waals surface area contributed by atoms with E-state index in [-0.39, 0.29) is 23.2 Å². The summed E-state index contributed by atoms with van der Waals surface area (Å²) < 4.78 is 0. The van der Waals surface area contributed by atoms with Crippen LogP contribution in [0, 0.1) is 0 Å². The van der Waals surface area contributed by atoms with Gasteiger partial charge in [0.15, 0.2) is 0 Å². The van der Waals surface area contributed by atoms with Crippen LogP contribution in [0.25, 0.3) is 27.8 Å². The lowest BCUT2D eigenvalue weighted by molar-refractivity contribution is 0.435. The third kappa shape index (κ3) is 4.69. The third-order valence-electron chi connectivity index (χ3n) is 8.39. The van der Waals surface area contributed by atoms with Crippen molar-refractivity contribution in [1.82, 2.24) is 0 Å². The molecule has 0 fully saturated rings. The van der Waals surface area contributed by atoms with Gasteiger partial charge in [0.05, 0.1) is 0 Å². The summed E-state index contributed by atoms with van der Waals surface area (Å²) >= 11 is 0. The van der Waals surface area contributed by atoms with Crippen molar-refractivity contribution in [3.8, 4) is 33.8 Å². The van der Waals surface area contributed by atoms with Crippen molar-refractivity contribution in [2.45, 2.75) is 18.8 Å². The molecular weight excluding hydrogens is 516 g/mol. The van der Waals surface area contributed by atoms with Crippen molar-refractivity contribution in [2.24, 2.45) is 0 Å². The van der Waals surface area contributed by atoms with E-state index in [1.54, 1.807) is 6.08 Å². The number of aromatic hydroxyl groups is 2. The summed E-state index contributed by atoms with van der Waals surface area (Å²) in [5.74, 6) is 0.561. The van der Waals surface area contributed by atoms with Crippen LogP contribution in [0.3, 0.4) is 0 Å². The Morgan fingerprint density at radius 1 is 0.524 bits per heavy atom. The maximum atomic E-state index is 11.3. The molecule has 42 heavy (non-hydrogen) atoms. The highest BCUT2D eigenvalue weighted by atomic mass is 16.3. The second kappa shape index (κ2) is 10.6. The molecule has 3 N–H and O–H groups in total. The lowest BCUT2D eigenvalue weighted by Gasteiger charge is -2.27. The van der Waals surface area contributed by atoms with E-state index in [2.05, 4.69) is 24.3 Å². The second-order valence-corrected chi connectivity index (χ2v) is 11.0. The maximum Gasteiger partial charge on any atom is 0.123 e. The normalized spacial score (nSPS) is 15.9. The fourth-order valence-corrected chi connectivity index (χ4v) is 6.28. The average Bonchev–Trinajstić information content (AvgIpc) is 3.17. The minimum Gasteiger partial charge on any atom is -0.507 e. The van der Waals surface area contributed by atoms with Gasteiger partial charge in [-0.15, -0.1) is 0 Å². The zero-order chi connectivity index (χ0) is 28.6. The fraction of sp³-hybridized carbons (Fsp3) is 0.0769. The highest BCUT2D eigenvalue weighted by molar-refractivity contribution is 5.80. The average molecular weight is 547 g/mol. The molecule has 3 nitrogen and oxygen atoms in total. The Labute approximate surface area is 245 Å². The number of phenols is 2. The van der Waals surface area contributed by atoms with Crippen LogP contribution in [-0.4, -0.2) is 15.3 Å². The molecular formula is C39H30O3. The van der Waals surface area contributed by atoms with Crippen LogP contribution in [0.5, 0.6) is 11.5 Å². The smallest absolute Gasteiger partial charge is 0.123 e. The molecule has 0 spiro atoms. The summed E-state index contributed by atoms with van der Waals surface area (Å²) in [6.45, 7) is 0. The monoisotopic (exact) mass is 546 g/mol. The third-order valence-corrected chi connectivity index (χ3v) is 8.39. The Balaban J connectivity index is 1.46. The quantitative estimate of drug-likeness (QED) is 0.211. The molecule has 2 aliphatic carbocycles. The van der Waals surface area contributed by atoms with Crippen molar-refractivity contribution in [3.63, 3.8) is 0 Å². The Morgan fingerprint density at radius 3 is 1.67 bits per heavy atom. The highest BCUT2D eigenvalue weighted by Gasteiger charge is 2.27. The highest BCUT2D eigenvalue weighted by Crippen LogP contribution is 2.45. The molecule has 204 valence electrons. The minimum atomic E-state index is -0.129. The molecule has 5 aromatic rings. The summed E-state index contributed by atoms with van der Waals surface area (Å²) in [5.41, 5.74) is 10.5. The Hall–Kier alpha value is -5.28. The zero-order valence-corrected chi connectivity index (χ0v) is 23.0. The molecule has 0 amide bonds. The van der Waals surface area contributed by atoms with E-state index >= 15 is 0 Å². The number of hydrogen-bond acceptors (Lipinski definition) is 3. The summed E-state index contributed by atoms with van der Waals surface area (Å²) in [4.78, 5) is 0. The van der Waals surface area contributed by atoms with E-state index in [0.29, 0.717) is 12.8 Å². The zero-order valence-electron chi connectivity index (χ0n) is 23.0. The van der Waals surface area contributed by atoms with Gasteiger partial charge in [0.1, 0.15) is 17.3 Å². The van der Waals surface area contributed by atoms with Gasteiger partial charge in [-0.05, 0) is 82.1 Å². The molecule has 7 rings (SSSR count). The van der Waals surface area contributed by atoms with E-state index in [0.717, 1.165) is 61.2 Å². The first-order valence-corrected chi connectivity index (χ1v) is 14.2. The molecule has 0 saturated carbocycles. The van der Waals surface area contributed by atoms with Crippen LogP contribution in [0.15, 0.2) is 145 Å². The molecule has 5 aromatic carbocycles. The van der Waals surface area contributed by atoms with Crippen LogP contribution < -0.4 is 0 Å². The summed E-state index contributed by atoms with van der Waals surface area (Å²) in [7, 11) is 0. The van der Waals surface area contributed by atoms with Crippen molar-refractivity contribution < 1.29 is 15.3 Å². The van der Waals surface area contributed by atoms with Crippen LogP contribution >= 0.6 is 0 Å². The Bertz CT molecular complexity index is 1880. The molecule has 1 unspecified atom stereocenters. The summed E-state index contributed by atoms with van der Waals surface area (Å²) in [5, 5.41) is 33.6. The topological polar surface area (TPSA) is 60.7 Å². The van der Waals surface area contributed by atoms with Gasteiger partial charge in [0, 0.05) is 22.6 Å². The number of aliphatic hydroxyl groups excluding tert-OH is 1. The molecule has 0 aliphatic heterocycles. The number of aliphatic hydroxyl groups is 1. The van der Waals surface area contributed by atoms with Crippen LogP contribution in [0.1, 0.15) is 33.7 Å². The van der Waals surface area contributed by atoms with E-state index in [1.165, 1.54) is 0 Å². The van der Waals surface area contributed by atoms with Gasteiger partial charge in [-0.2, -0.15) is 0 Å². The number of phenolic OH excluding ortho intramolecular Hbond substituents is 2. The largest absolute Gasteiger partial charge is 0.507 e. The van der Waals surface area contributed by atoms with Crippen molar-refractivity contribution in [1.29, 1.82) is 0 Å². The molecule has 2 aliphatic rings. The van der Waals surface area contributed by atoms with E-state index < -0.39 is 0 Å². The van der Waals surface area contributed by atoms with Gasteiger partial charge in [-0.3, -0.25) is 0 Å². The molecule has 1 atom stereocenters. The van der Waals surface area contributed by atoms with Crippen LogP contribution in [0.4, 0.5) is 0 Å². The lowest BCUT2D eigenvalue weighted by Crippen LogP contribution is -2.12. The van der Waals surface area contributed by atoms with E-state index in [9.17, 15) is 15.3 Å². The number of hydrogen-bond donors (Lipinski definition) is 3. The van der Waals surface area contributed by atoms with Gasteiger partial charge < -0.3 is 15.3 Å². The second-order valence-electron chi connectivity index (χ2n) is 11.0. The van der Waals surface area contributed by atoms with Crippen LogP contribution in [0.2, 0.25) is 0 Å². The number of rotatable bonds is 3. The fourth-order valence-electron chi connectivity index (χ4n) is 6.28. The number of allylic oxidation sites excluding steroid dienone is 5. The Morgan fingerprint density at radius 2 is 1.05 bits per heavy atom. The Kier molecular flexibility index (Phi) is 6.48.